The number of carbonyl (C=O) groups is 1. The summed E-state index contributed by atoms with van der Waals surface area (Å²) in [6, 6.07) is 9.87. The van der Waals surface area contributed by atoms with Gasteiger partial charge in [0.15, 0.2) is 5.13 Å². The molecule has 0 unspecified atom stereocenters. The lowest BCUT2D eigenvalue weighted by Gasteiger charge is -2.29. The van der Waals surface area contributed by atoms with Gasteiger partial charge in [-0.1, -0.05) is 25.1 Å². The van der Waals surface area contributed by atoms with Crippen LogP contribution in [-0.2, 0) is 17.8 Å². The standard InChI is InChI=1S/C21H25N5OS/c1-16-7-9-25(10-8-16)14-18-15-28-21(23-18)24-20(27)11-17-12-22-26(13-17)19-5-3-2-4-6-19/h2-6,12-13,15-16H,7-11,14H2,1H3,(H,23,24,27). The molecular weight excluding hydrogens is 370 g/mol. The smallest absolute Gasteiger partial charge is 0.230 e. The van der Waals surface area contributed by atoms with Crippen LogP contribution >= 0.6 is 11.3 Å². The van der Waals surface area contributed by atoms with Gasteiger partial charge < -0.3 is 5.32 Å². The molecule has 1 aliphatic heterocycles. The van der Waals surface area contributed by atoms with Crippen LogP contribution in [0.15, 0.2) is 48.1 Å². The molecule has 6 nitrogen and oxygen atoms in total. The summed E-state index contributed by atoms with van der Waals surface area (Å²) in [5, 5.41) is 9.97. The van der Waals surface area contributed by atoms with Gasteiger partial charge >= 0.3 is 0 Å². The SMILES string of the molecule is CC1CCN(Cc2csc(NC(=O)Cc3cnn(-c4ccccc4)c3)n2)CC1. The van der Waals surface area contributed by atoms with Crippen LogP contribution in [0, 0.1) is 5.92 Å². The molecule has 0 spiro atoms. The number of nitrogens with one attached hydrogen (secondary N) is 1. The van der Waals surface area contributed by atoms with Crippen molar-refractivity contribution in [1.29, 1.82) is 0 Å². The Labute approximate surface area is 169 Å². The van der Waals surface area contributed by atoms with Gasteiger partial charge in [0.1, 0.15) is 0 Å². The lowest BCUT2D eigenvalue weighted by atomic mass is 9.99. The molecule has 28 heavy (non-hydrogen) atoms. The second kappa shape index (κ2) is 8.67. The molecule has 1 amide bonds. The Bertz CT molecular complexity index is 912. The topological polar surface area (TPSA) is 63.1 Å². The number of amides is 1. The van der Waals surface area contributed by atoms with Crippen LogP contribution in [0.5, 0.6) is 0 Å². The first-order valence-electron chi connectivity index (χ1n) is 9.71. The zero-order valence-electron chi connectivity index (χ0n) is 16.0. The molecule has 1 fully saturated rings. The average molecular weight is 396 g/mol. The normalized spacial score (nSPS) is 15.6. The number of piperidine rings is 1. The van der Waals surface area contributed by atoms with Crippen molar-refractivity contribution < 1.29 is 4.79 Å². The molecular formula is C21H25N5OS. The fourth-order valence-corrected chi connectivity index (χ4v) is 4.13. The predicted octanol–water partition coefficient (Wildman–Crippen LogP) is 3.74. The molecule has 2 aromatic heterocycles. The third-order valence-corrected chi connectivity index (χ3v) is 5.89. The van der Waals surface area contributed by atoms with Crippen molar-refractivity contribution in [3.8, 4) is 5.69 Å². The van der Waals surface area contributed by atoms with Gasteiger partial charge in [0.2, 0.25) is 5.91 Å². The summed E-state index contributed by atoms with van der Waals surface area (Å²) in [6.45, 7) is 5.44. The van der Waals surface area contributed by atoms with E-state index in [1.54, 1.807) is 10.9 Å². The zero-order valence-corrected chi connectivity index (χ0v) is 16.9. The van der Waals surface area contributed by atoms with Crippen LogP contribution in [-0.4, -0.2) is 38.7 Å². The fourth-order valence-electron chi connectivity index (χ4n) is 3.41. The van der Waals surface area contributed by atoms with Crippen molar-refractivity contribution >= 4 is 22.4 Å². The summed E-state index contributed by atoms with van der Waals surface area (Å²) in [7, 11) is 0. The van der Waals surface area contributed by atoms with E-state index in [0.717, 1.165) is 42.5 Å². The second-order valence-corrected chi connectivity index (χ2v) is 8.31. The summed E-state index contributed by atoms with van der Waals surface area (Å²) < 4.78 is 1.78. The molecule has 3 heterocycles. The van der Waals surface area contributed by atoms with Crippen LogP contribution in [0.25, 0.3) is 5.69 Å². The van der Waals surface area contributed by atoms with E-state index in [1.165, 1.54) is 24.2 Å². The molecule has 1 aromatic carbocycles. The van der Waals surface area contributed by atoms with E-state index in [4.69, 9.17) is 0 Å². The van der Waals surface area contributed by atoms with E-state index in [1.807, 2.05) is 41.9 Å². The number of carbonyl (C=O) groups excluding carboxylic acids is 1. The maximum atomic E-state index is 12.4. The highest BCUT2D eigenvalue weighted by molar-refractivity contribution is 7.13. The first kappa shape index (κ1) is 18.8. The van der Waals surface area contributed by atoms with Gasteiger partial charge in [-0.2, -0.15) is 5.10 Å². The molecule has 0 aliphatic carbocycles. The minimum Gasteiger partial charge on any atom is -0.302 e. The van der Waals surface area contributed by atoms with Crippen LogP contribution < -0.4 is 5.32 Å². The Morgan fingerprint density at radius 2 is 2.04 bits per heavy atom. The predicted molar refractivity (Wildman–Crippen MR) is 112 cm³/mol. The van der Waals surface area contributed by atoms with Crippen molar-refractivity contribution in [3.63, 3.8) is 0 Å². The summed E-state index contributed by atoms with van der Waals surface area (Å²) in [6.07, 6.45) is 6.41. The van der Waals surface area contributed by atoms with Crippen molar-refractivity contribution in [2.45, 2.75) is 32.7 Å². The number of rotatable bonds is 6. The van der Waals surface area contributed by atoms with Crippen LogP contribution in [0.4, 0.5) is 5.13 Å². The molecule has 1 aliphatic rings. The molecule has 1 saturated heterocycles. The van der Waals surface area contributed by atoms with E-state index in [9.17, 15) is 4.79 Å². The van der Waals surface area contributed by atoms with E-state index in [2.05, 4.69) is 27.2 Å². The number of benzene rings is 1. The molecule has 1 N–H and O–H groups in total. The van der Waals surface area contributed by atoms with Crippen molar-refractivity contribution in [2.24, 2.45) is 5.92 Å². The molecule has 146 valence electrons. The van der Waals surface area contributed by atoms with E-state index < -0.39 is 0 Å². The highest BCUT2D eigenvalue weighted by atomic mass is 32.1. The van der Waals surface area contributed by atoms with Gasteiger partial charge in [0, 0.05) is 18.1 Å². The zero-order chi connectivity index (χ0) is 19.3. The number of hydrogen-bond acceptors (Lipinski definition) is 5. The highest BCUT2D eigenvalue weighted by Crippen LogP contribution is 2.21. The van der Waals surface area contributed by atoms with Gasteiger partial charge in [-0.05, 0) is 49.5 Å². The summed E-state index contributed by atoms with van der Waals surface area (Å²) >= 11 is 1.49. The van der Waals surface area contributed by atoms with Crippen molar-refractivity contribution in [2.75, 3.05) is 18.4 Å². The monoisotopic (exact) mass is 395 g/mol. The van der Waals surface area contributed by atoms with E-state index in [0.29, 0.717) is 5.13 Å². The molecule has 7 heteroatoms. The molecule has 0 saturated carbocycles. The Morgan fingerprint density at radius 1 is 1.25 bits per heavy atom. The highest BCUT2D eigenvalue weighted by Gasteiger charge is 2.17. The fraction of sp³-hybridized carbons (Fsp3) is 0.381. The first-order valence-corrected chi connectivity index (χ1v) is 10.6. The van der Waals surface area contributed by atoms with E-state index >= 15 is 0 Å². The average Bonchev–Trinajstić information content (AvgIpc) is 3.34. The largest absolute Gasteiger partial charge is 0.302 e. The Hall–Kier alpha value is -2.51. The van der Waals surface area contributed by atoms with Gasteiger partial charge in [0.05, 0.1) is 24.0 Å². The Balaban J connectivity index is 1.30. The maximum absolute atomic E-state index is 12.4. The molecule has 3 aromatic rings. The Morgan fingerprint density at radius 3 is 2.82 bits per heavy atom. The number of thiazole rings is 1. The van der Waals surface area contributed by atoms with Crippen LogP contribution in [0.2, 0.25) is 0 Å². The third kappa shape index (κ3) is 4.85. The minimum atomic E-state index is -0.0692. The minimum absolute atomic E-state index is 0.0692. The maximum Gasteiger partial charge on any atom is 0.230 e. The summed E-state index contributed by atoms with van der Waals surface area (Å²) in [4.78, 5) is 19.4. The lowest BCUT2D eigenvalue weighted by Crippen LogP contribution is -2.32. The molecule has 0 atom stereocenters. The number of aromatic nitrogens is 3. The number of likely N-dealkylation sites (tertiary alicyclic amines) is 1. The number of hydrogen-bond donors (Lipinski definition) is 1. The Kier molecular flexibility index (Phi) is 5.83. The molecule has 0 radical (unpaired) electrons. The van der Waals surface area contributed by atoms with Gasteiger partial charge in [0.25, 0.3) is 0 Å². The third-order valence-electron chi connectivity index (χ3n) is 5.08. The number of anilines is 1. The lowest BCUT2D eigenvalue weighted by molar-refractivity contribution is -0.115. The molecule has 0 bridgehead atoms. The van der Waals surface area contributed by atoms with Crippen molar-refractivity contribution in [3.05, 3.63) is 59.4 Å². The first-order chi connectivity index (χ1) is 13.7. The van der Waals surface area contributed by atoms with Crippen LogP contribution in [0.1, 0.15) is 31.0 Å². The van der Waals surface area contributed by atoms with Gasteiger partial charge in [-0.3, -0.25) is 9.69 Å². The van der Waals surface area contributed by atoms with Crippen LogP contribution in [0.3, 0.4) is 0 Å². The summed E-state index contributed by atoms with van der Waals surface area (Å²) in [5.74, 6) is 0.757. The number of nitrogens with zero attached hydrogens (tertiary/aromatic N) is 4. The van der Waals surface area contributed by atoms with Gasteiger partial charge in [-0.15, -0.1) is 11.3 Å². The quantitative estimate of drug-likeness (QED) is 0.691. The molecule has 4 rings (SSSR count). The van der Waals surface area contributed by atoms with Gasteiger partial charge in [-0.25, -0.2) is 9.67 Å². The second-order valence-electron chi connectivity index (χ2n) is 7.46. The van der Waals surface area contributed by atoms with E-state index in [-0.39, 0.29) is 12.3 Å². The van der Waals surface area contributed by atoms with Crippen molar-refractivity contribution in [1.82, 2.24) is 19.7 Å². The summed E-state index contributed by atoms with van der Waals surface area (Å²) in [5.41, 5.74) is 2.89. The number of para-hydroxylation sites is 1.